The van der Waals surface area contributed by atoms with Crippen LogP contribution in [0.1, 0.15) is 86.0 Å². The third-order valence-electron chi connectivity index (χ3n) is 9.10. The summed E-state index contributed by atoms with van der Waals surface area (Å²) in [7, 11) is 0. The number of hydrogen-bond acceptors (Lipinski definition) is 14. The van der Waals surface area contributed by atoms with Gasteiger partial charge in [-0.2, -0.15) is 12.6 Å². The number of nitrogens with one attached hydrogen (secondary N) is 7. The molecule has 0 rings (SSSR count). The fourth-order valence-corrected chi connectivity index (χ4v) is 5.84. The van der Waals surface area contributed by atoms with E-state index in [1.54, 1.807) is 13.8 Å². The van der Waals surface area contributed by atoms with Crippen molar-refractivity contribution in [1.29, 1.82) is 0 Å². The molecular formula is C37H66N14O12S. The van der Waals surface area contributed by atoms with E-state index in [1.165, 1.54) is 20.8 Å². The second-order valence-corrected chi connectivity index (χ2v) is 16.0. The highest BCUT2D eigenvalue weighted by molar-refractivity contribution is 7.80. The quantitative estimate of drug-likeness (QED) is 0.0133. The average Bonchev–Trinajstić information content (AvgIpc) is 3.18. The Balaban J connectivity index is 6.30. The Labute approximate surface area is 375 Å². The first kappa shape index (κ1) is 57.8. The van der Waals surface area contributed by atoms with E-state index in [-0.39, 0.29) is 69.1 Å². The third kappa shape index (κ3) is 23.3. The van der Waals surface area contributed by atoms with Crippen LogP contribution in [0.2, 0.25) is 0 Å². The van der Waals surface area contributed by atoms with Crippen molar-refractivity contribution in [2.24, 2.45) is 51.2 Å². The van der Waals surface area contributed by atoms with Crippen molar-refractivity contribution < 1.29 is 57.8 Å². The van der Waals surface area contributed by atoms with Crippen LogP contribution in [0.15, 0.2) is 4.99 Å². The molecular weight excluding hydrogens is 865 g/mol. The standard InChI is InChI=1S/C37H66N14O12S/c1-16(2)13-22(32(58)47-21(9-11-26(40)53)30(56)45-18(5)36(62)63)48-33(59)23(14-27(41)54)49-35(61)28(17(3)4)51-34(60)24(15-64)50-31(57)20(7-6-12-44-37(42)43)46-29(55)19(38)8-10-25(39)52/h16-24,28,64H,6-15,38H2,1-5H3,(H2,39,52)(H2,40,53)(H2,41,54)(H,45,56)(H,46,55)(H,47,58)(H,48,59)(H,49,61)(H,50,57)(H,51,60)(H,62,63)(H4,42,43,44)/t18-,19-,20-,21-,22-,23-,24-,28-/m0/s1. The maximum atomic E-state index is 13.7. The molecule has 8 atom stereocenters. The van der Waals surface area contributed by atoms with Crippen molar-refractivity contribution in [1.82, 2.24) is 37.2 Å². The van der Waals surface area contributed by atoms with Crippen LogP contribution in [0.25, 0.3) is 0 Å². The molecule has 64 heavy (non-hydrogen) atoms. The van der Waals surface area contributed by atoms with Crippen molar-refractivity contribution >= 4 is 83.6 Å². The number of amides is 10. The fraction of sp³-hybridized carbons (Fsp3) is 0.676. The lowest BCUT2D eigenvalue weighted by molar-refractivity contribution is -0.142. The lowest BCUT2D eigenvalue weighted by Crippen LogP contribution is -2.61. The summed E-state index contributed by atoms with van der Waals surface area (Å²) in [5, 5.41) is 26.0. The number of nitrogens with two attached hydrogens (primary N) is 6. The van der Waals surface area contributed by atoms with Crippen LogP contribution in [-0.4, -0.2) is 137 Å². The van der Waals surface area contributed by atoms with Gasteiger partial charge in [0, 0.05) is 25.1 Å². The summed E-state index contributed by atoms with van der Waals surface area (Å²) in [6.07, 6.45) is -1.69. The van der Waals surface area contributed by atoms with E-state index in [1.807, 2.05) is 0 Å². The first-order valence-corrected chi connectivity index (χ1v) is 21.0. The van der Waals surface area contributed by atoms with Gasteiger partial charge in [-0.15, -0.1) is 0 Å². The van der Waals surface area contributed by atoms with Crippen LogP contribution < -0.4 is 71.6 Å². The Morgan fingerprint density at radius 1 is 0.547 bits per heavy atom. The number of carbonyl (C=O) groups is 11. The SMILES string of the molecule is CC(C)C[C@H](NC(=O)[C@H](CC(N)=O)NC(=O)[C@@H](NC(=O)[C@H](CS)NC(=O)[C@H](CCCN=C(N)N)NC(=O)[C@@H](N)CCC(N)=O)C(C)C)C(=O)N[C@@H](CCC(N)=O)C(=O)N[C@@H](C)C(=O)O. The Morgan fingerprint density at radius 2 is 1.00 bits per heavy atom. The summed E-state index contributed by atoms with van der Waals surface area (Å²) in [6, 6.07) is -11.3. The van der Waals surface area contributed by atoms with Gasteiger partial charge in [-0.1, -0.05) is 27.7 Å². The van der Waals surface area contributed by atoms with Crippen LogP contribution in [0, 0.1) is 11.8 Å². The minimum atomic E-state index is -1.71. The molecule has 0 aromatic carbocycles. The van der Waals surface area contributed by atoms with Crippen LogP contribution in [0.3, 0.4) is 0 Å². The molecule has 0 fully saturated rings. The predicted octanol–water partition coefficient (Wildman–Crippen LogP) is -6.10. The molecule has 0 aromatic rings. The van der Waals surface area contributed by atoms with Gasteiger partial charge in [0.1, 0.15) is 42.3 Å². The van der Waals surface area contributed by atoms with Gasteiger partial charge in [-0.25, -0.2) is 0 Å². The van der Waals surface area contributed by atoms with Gasteiger partial charge in [-0.3, -0.25) is 57.7 Å². The molecule has 0 radical (unpaired) electrons. The van der Waals surface area contributed by atoms with Gasteiger partial charge >= 0.3 is 5.97 Å². The maximum absolute atomic E-state index is 13.7. The molecule has 0 saturated heterocycles. The average molecular weight is 931 g/mol. The van der Waals surface area contributed by atoms with Gasteiger partial charge in [0.05, 0.1) is 12.5 Å². The van der Waals surface area contributed by atoms with E-state index in [4.69, 9.17) is 34.4 Å². The summed E-state index contributed by atoms with van der Waals surface area (Å²) in [5.41, 5.74) is 32.4. The van der Waals surface area contributed by atoms with Crippen molar-refractivity contribution in [3.63, 3.8) is 0 Å². The monoisotopic (exact) mass is 930 g/mol. The summed E-state index contributed by atoms with van der Waals surface area (Å²) in [6.45, 7) is 7.73. The fourth-order valence-electron chi connectivity index (χ4n) is 5.59. The second-order valence-electron chi connectivity index (χ2n) is 15.7. The number of nitrogens with zero attached hydrogens (tertiary/aromatic N) is 1. The van der Waals surface area contributed by atoms with E-state index < -0.39 is 126 Å². The Hall–Kier alpha value is -6.25. The minimum absolute atomic E-state index is 0.0326. The summed E-state index contributed by atoms with van der Waals surface area (Å²) >= 11 is 4.17. The smallest absolute Gasteiger partial charge is 0.325 e. The number of hydrogen-bond donors (Lipinski definition) is 15. The van der Waals surface area contributed by atoms with E-state index in [0.29, 0.717) is 0 Å². The molecule has 0 aliphatic heterocycles. The summed E-state index contributed by atoms with van der Waals surface area (Å²) in [4.78, 5) is 144. The third-order valence-corrected chi connectivity index (χ3v) is 9.46. The zero-order valence-electron chi connectivity index (χ0n) is 36.6. The number of aliphatic imine (C=N–C) groups is 1. The molecule has 20 N–H and O–H groups in total. The number of aliphatic carboxylic acids is 1. The lowest BCUT2D eigenvalue weighted by atomic mass is 10.00. The normalized spacial score (nSPS) is 14.7. The highest BCUT2D eigenvalue weighted by Crippen LogP contribution is 2.10. The lowest BCUT2D eigenvalue weighted by Gasteiger charge is -2.29. The summed E-state index contributed by atoms with van der Waals surface area (Å²) < 4.78 is 0. The largest absolute Gasteiger partial charge is 0.480 e. The van der Waals surface area contributed by atoms with Crippen molar-refractivity contribution in [2.75, 3.05) is 12.3 Å². The van der Waals surface area contributed by atoms with Crippen LogP contribution in [-0.2, 0) is 52.7 Å². The van der Waals surface area contributed by atoms with E-state index >= 15 is 0 Å². The highest BCUT2D eigenvalue weighted by atomic mass is 32.1. The number of rotatable bonds is 31. The topological polar surface area (TPSA) is 461 Å². The molecule has 0 aliphatic carbocycles. The van der Waals surface area contributed by atoms with E-state index in [0.717, 1.165) is 0 Å². The number of thiol groups is 1. The number of carbonyl (C=O) groups excluding carboxylic acids is 10. The van der Waals surface area contributed by atoms with Crippen LogP contribution in [0.5, 0.6) is 0 Å². The Morgan fingerprint density at radius 3 is 1.50 bits per heavy atom. The highest BCUT2D eigenvalue weighted by Gasteiger charge is 2.35. The number of carboxylic acids is 1. The van der Waals surface area contributed by atoms with Crippen molar-refractivity contribution in [3.8, 4) is 0 Å². The molecule has 0 aromatic heterocycles. The maximum Gasteiger partial charge on any atom is 0.325 e. The second kappa shape index (κ2) is 29.2. The van der Waals surface area contributed by atoms with Crippen molar-refractivity contribution in [2.45, 2.75) is 134 Å². The number of guanidine groups is 1. The molecule has 0 saturated carbocycles. The van der Waals surface area contributed by atoms with Gasteiger partial charge in [-0.05, 0) is 50.9 Å². The zero-order chi connectivity index (χ0) is 49.4. The van der Waals surface area contributed by atoms with Gasteiger partial charge in [0.15, 0.2) is 5.96 Å². The predicted molar refractivity (Wildman–Crippen MR) is 234 cm³/mol. The Bertz CT molecular complexity index is 1710. The van der Waals surface area contributed by atoms with E-state index in [9.17, 15) is 57.8 Å². The molecule has 0 spiro atoms. The minimum Gasteiger partial charge on any atom is -0.480 e. The van der Waals surface area contributed by atoms with E-state index in [2.05, 4.69) is 54.8 Å². The summed E-state index contributed by atoms with van der Waals surface area (Å²) in [5.74, 6) is -11.9. The molecule has 10 amide bonds. The molecule has 0 unspecified atom stereocenters. The number of carboxylic acid groups (broad SMARTS) is 1. The van der Waals surface area contributed by atoms with Gasteiger partial charge < -0.3 is 76.7 Å². The van der Waals surface area contributed by atoms with Gasteiger partial charge in [0.2, 0.25) is 59.1 Å². The molecule has 0 bridgehead atoms. The Kier molecular flexibility index (Phi) is 26.3. The van der Waals surface area contributed by atoms with Crippen LogP contribution in [0.4, 0.5) is 0 Å². The molecule has 0 heterocycles. The van der Waals surface area contributed by atoms with Gasteiger partial charge in [0.25, 0.3) is 0 Å². The van der Waals surface area contributed by atoms with Crippen LogP contribution >= 0.6 is 12.6 Å². The van der Waals surface area contributed by atoms with Crippen molar-refractivity contribution in [3.05, 3.63) is 0 Å². The molecule has 26 nitrogen and oxygen atoms in total. The first-order valence-electron chi connectivity index (χ1n) is 20.3. The first-order chi connectivity index (χ1) is 29.7. The number of primary amides is 3. The molecule has 362 valence electrons. The molecule has 27 heteroatoms. The zero-order valence-corrected chi connectivity index (χ0v) is 37.5. The molecule has 0 aliphatic rings.